The summed E-state index contributed by atoms with van der Waals surface area (Å²) in [4.78, 5) is 14.6. The SMILES string of the molecule is CCc1ccc(CC(=O)C2=CCCCC2)s1. The standard InChI is InChI=1S/C14H18OS/c1-2-12-8-9-13(16-12)10-14(15)11-6-4-3-5-7-11/h6,8-9H,2-5,7,10H2,1H3. The van der Waals surface area contributed by atoms with Crippen LogP contribution in [0.25, 0.3) is 0 Å². The molecule has 0 aromatic carbocycles. The minimum atomic E-state index is 0.337. The molecule has 2 rings (SSSR count). The summed E-state index contributed by atoms with van der Waals surface area (Å²) in [5.41, 5.74) is 1.07. The number of hydrogen-bond donors (Lipinski definition) is 0. The second-order valence-electron chi connectivity index (χ2n) is 4.30. The van der Waals surface area contributed by atoms with Gasteiger partial charge in [0.05, 0.1) is 0 Å². The Hall–Kier alpha value is -0.890. The Morgan fingerprint density at radius 2 is 2.12 bits per heavy atom. The molecule has 0 aliphatic heterocycles. The zero-order chi connectivity index (χ0) is 11.4. The van der Waals surface area contributed by atoms with Gasteiger partial charge in [-0.1, -0.05) is 13.0 Å². The van der Waals surface area contributed by atoms with Gasteiger partial charge in [-0.05, 0) is 49.8 Å². The lowest BCUT2D eigenvalue weighted by Crippen LogP contribution is -2.07. The summed E-state index contributed by atoms with van der Waals surface area (Å²) in [6, 6.07) is 4.24. The van der Waals surface area contributed by atoms with E-state index in [0.717, 1.165) is 24.8 Å². The van der Waals surface area contributed by atoms with Gasteiger partial charge in [0.1, 0.15) is 0 Å². The summed E-state index contributed by atoms with van der Waals surface area (Å²) in [6.07, 6.45) is 8.33. The molecule has 0 unspecified atom stereocenters. The molecule has 0 N–H and O–H groups in total. The van der Waals surface area contributed by atoms with Gasteiger partial charge in [0.25, 0.3) is 0 Å². The molecule has 0 amide bonds. The molecule has 2 heteroatoms. The fraction of sp³-hybridized carbons (Fsp3) is 0.500. The highest BCUT2D eigenvalue weighted by Gasteiger charge is 2.13. The van der Waals surface area contributed by atoms with E-state index in [1.54, 1.807) is 11.3 Å². The van der Waals surface area contributed by atoms with Crippen LogP contribution in [0.5, 0.6) is 0 Å². The zero-order valence-corrected chi connectivity index (χ0v) is 10.6. The molecule has 1 aliphatic carbocycles. The Morgan fingerprint density at radius 1 is 1.31 bits per heavy atom. The van der Waals surface area contributed by atoms with Crippen LogP contribution >= 0.6 is 11.3 Å². The number of carbonyl (C=O) groups is 1. The highest BCUT2D eigenvalue weighted by Crippen LogP contribution is 2.22. The molecule has 0 spiro atoms. The number of Topliss-reactive ketones (excluding diaryl/α,β-unsaturated/α-hetero) is 1. The van der Waals surface area contributed by atoms with Crippen molar-refractivity contribution < 1.29 is 4.79 Å². The summed E-state index contributed by atoms with van der Waals surface area (Å²) < 4.78 is 0. The van der Waals surface area contributed by atoms with Crippen LogP contribution in [0.2, 0.25) is 0 Å². The van der Waals surface area contributed by atoms with Gasteiger partial charge in [0.15, 0.2) is 5.78 Å². The van der Waals surface area contributed by atoms with Gasteiger partial charge in [-0.25, -0.2) is 0 Å². The lowest BCUT2D eigenvalue weighted by atomic mass is 9.95. The predicted molar refractivity (Wildman–Crippen MR) is 69.0 cm³/mol. The van der Waals surface area contributed by atoms with E-state index in [2.05, 4.69) is 25.1 Å². The summed E-state index contributed by atoms with van der Waals surface area (Å²) >= 11 is 1.78. The van der Waals surface area contributed by atoms with Gasteiger partial charge in [-0.15, -0.1) is 11.3 Å². The number of aryl methyl sites for hydroxylation is 1. The normalized spacial score (nSPS) is 15.9. The minimum Gasteiger partial charge on any atom is -0.294 e. The van der Waals surface area contributed by atoms with Gasteiger partial charge in [-0.2, -0.15) is 0 Å². The van der Waals surface area contributed by atoms with Crippen molar-refractivity contribution in [2.75, 3.05) is 0 Å². The molecule has 1 aliphatic rings. The third kappa shape index (κ3) is 2.82. The Labute approximate surface area is 101 Å². The Morgan fingerprint density at radius 3 is 2.75 bits per heavy atom. The lowest BCUT2D eigenvalue weighted by molar-refractivity contribution is -0.115. The summed E-state index contributed by atoms with van der Waals surface area (Å²) in [5.74, 6) is 0.337. The van der Waals surface area contributed by atoms with Crippen LogP contribution in [0.1, 0.15) is 42.4 Å². The van der Waals surface area contributed by atoms with Crippen molar-refractivity contribution in [1.29, 1.82) is 0 Å². The highest BCUT2D eigenvalue weighted by molar-refractivity contribution is 7.12. The van der Waals surface area contributed by atoms with Crippen LogP contribution in [0.4, 0.5) is 0 Å². The Balaban J connectivity index is 1.98. The maximum Gasteiger partial charge on any atom is 0.163 e. The number of thiophene rings is 1. The molecule has 1 aromatic heterocycles. The van der Waals surface area contributed by atoms with Crippen LogP contribution in [-0.4, -0.2) is 5.78 Å². The van der Waals surface area contributed by atoms with E-state index in [4.69, 9.17) is 0 Å². The number of allylic oxidation sites excluding steroid dienone is 2. The number of carbonyl (C=O) groups excluding carboxylic acids is 1. The van der Waals surface area contributed by atoms with Gasteiger partial charge < -0.3 is 0 Å². The molecule has 1 aromatic rings. The van der Waals surface area contributed by atoms with Gasteiger partial charge in [0.2, 0.25) is 0 Å². The number of ketones is 1. The van der Waals surface area contributed by atoms with Crippen molar-refractivity contribution in [3.05, 3.63) is 33.5 Å². The second kappa shape index (κ2) is 5.44. The summed E-state index contributed by atoms with van der Waals surface area (Å²) in [7, 11) is 0. The summed E-state index contributed by atoms with van der Waals surface area (Å²) in [5, 5.41) is 0. The monoisotopic (exact) mass is 234 g/mol. The molecule has 0 atom stereocenters. The molecular formula is C14H18OS. The first-order valence-corrected chi connectivity index (χ1v) is 6.91. The van der Waals surface area contributed by atoms with E-state index in [9.17, 15) is 4.79 Å². The molecule has 0 fully saturated rings. The van der Waals surface area contributed by atoms with Crippen LogP contribution < -0.4 is 0 Å². The molecule has 16 heavy (non-hydrogen) atoms. The number of rotatable bonds is 4. The van der Waals surface area contributed by atoms with Crippen molar-refractivity contribution in [3.8, 4) is 0 Å². The fourth-order valence-corrected chi connectivity index (χ4v) is 3.03. The molecule has 0 saturated heterocycles. The Bertz CT molecular complexity index is 401. The van der Waals surface area contributed by atoms with Crippen LogP contribution in [0, 0.1) is 0 Å². The predicted octanol–water partition coefficient (Wildman–Crippen LogP) is 3.92. The highest BCUT2D eigenvalue weighted by atomic mass is 32.1. The molecule has 1 nitrogen and oxygen atoms in total. The number of hydrogen-bond acceptors (Lipinski definition) is 2. The molecule has 0 radical (unpaired) electrons. The van der Waals surface area contributed by atoms with Crippen molar-refractivity contribution in [1.82, 2.24) is 0 Å². The molecular weight excluding hydrogens is 216 g/mol. The lowest BCUT2D eigenvalue weighted by Gasteiger charge is -2.10. The maximum absolute atomic E-state index is 12.0. The average molecular weight is 234 g/mol. The molecule has 0 bridgehead atoms. The first-order chi connectivity index (χ1) is 7.79. The minimum absolute atomic E-state index is 0.337. The van der Waals surface area contributed by atoms with E-state index in [0.29, 0.717) is 12.2 Å². The van der Waals surface area contributed by atoms with Crippen molar-refractivity contribution in [2.45, 2.75) is 45.4 Å². The van der Waals surface area contributed by atoms with Crippen molar-refractivity contribution in [2.24, 2.45) is 0 Å². The second-order valence-corrected chi connectivity index (χ2v) is 5.55. The van der Waals surface area contributed by atoms with Crippen LogP contribution in [-0.2, 0) is 17.6 Å². The molecule has 1 heterocycles. The van der Waals surface area contributed by atoms with Gasteiger partial charge in [-0.3, -0.25) is 4.79 Å². The van der Waals surface area contributed by atoms with E-state index in [-0.39, 0.29) is 0 Å². The van der Waals surface area contributed by atoms with Crippen molar-refractivity contribution >= 4 is 17.1 Å². The smallest absolute Gasteiger partial charge is 0.163 e. The Kier molecular flexibility index (Phi) is 3.94. The maximum atomic E-state index is 12.0. The van der Waals surface area contributed by atoms with Crippen LogP contribution in [0.15, 0.2) is 23.8 Å². The van der Waals surface area contributed by atoms with Gasteiger partial charge >= 0.3 is 0 Å². The fourth-order valence-electron chi connectivity index (χ4n) is 2.07. The third-order valence-electron chi connectivity index (χ3n) is 3.05. The molecule has 0 saturated carbocycles. The quantitative estimate of drug-likeness (QED) is 0.771. The van der Waals surface area contributed by atoms with E-state index < -0.39 is 0 Å². The van der Waals surface area contributed by atoms with E-state index >= 15 is 0 Å². The first kappa shape index (κ1) is 11.6. The topological polar surface area (TPSA) is 17.1 Å². The summed E-state index contributed by atoms with van der Waals surface area (Å²) in [6.45, 7) is 2.15. The first-order valence-electron chi connectivity index (χ1n) is 6.09. The largest absolute Gasteiger partial charge is 0.294 e. The third-order valence-corrected chi connectivity index (χ3v) is 4.28. The average Bonchev–Trinajstić information content (AvgIpc) is 2.78. The zero-order valence-electron chi connectivity index (χ0n) is 9.79. The van der Waals surface area contributed by atoms with Crippen LogP contribution in [0.3, 0.4) is 0 Å². The van der Waals surface area contributed by atoms with E-state index in [1.807, 2.05) is 0 Å². The molecule has 86 valence electrons. The van der Waals surface area contributed by atoms with Crippen molar-refractivity contribution in [3.63, 3.8) is 0 Å². The van der Waals surface area contributed by atoms with E-state index in [1.165, 1.54) is 22.6 Å². The van der Waals surface area contributed by atoms with Gasteiger partial charge in [0, 0.05) is 16.2 Å².